The molecule has 0 spiro atoms. The van der Waals surface area contributed by atoms with Gasteiger partial charge in [-0.25, -0.2) is 4.90 Å². The summed E-state index contributed by atoms with van der Waals surface area (Å²) >= 11 is 0. The van der Waals surface area contributed by atoms with Crippen LogP contribution in [0.25, 0.3) is 0 Å². The third-order valence-electron chi connectivity index (χ3n) is 4.39. The molecule has 0 bridgehead atoms. The molecule has 2 aromatic rings. The Kier molecular flexibility index (Phi) is 4.62. The molecule has 1 aliphatic rings. The van der Waals surface area contributed by atoms with Crippen LogP contribution < -0.4 is 14.5 Å². The summed E-state index contributed by atoms with van der Waals surface area (Å²) in [5.41, 5.74) is 1.66. The molecular weight excluding hydrogens is 304 g/mol. The van der Waals surface area contributed by atoms with E-state index in [1.54, 1.807) is 18.2 Å². The lowest BCUT2D eigenvalue weighted by Gasteiger charge is -2.21. The first-order chi connectivity index (χ1) is 11.6. The third kappa shape index (κ3) is 3.03. The maximum atomic E-state index is 12.8. The van der Waals surface area contributed by atoms with Crippen molar-refractivity contribution >= 4 is 17.5 Å². The van der Waals surface area contributed by atoms with Crippen molar-refractivity contribution in [3.05, 3.63) is 60.2 Å². The fraction of sp³-hybridized carbons (Fsp3) is 0.263. The fourth-order valence-corrected chi connectivity index (χ4v) is 3.13. The van der Waals surface area contributed by atoms with Gasteiger partial charge in [0.1, 0.15) is 12.3 Å². The maximum Gasteiger partial charge on any atom is 0.292 e. The summed E-state index contributed by atoms with van der Waals surface area (Å²) in [7, 11) is 3.49. The van der Waals surface area contributed by atoms with E-state index in [9.17, 15) is 9.59 Å². The van der Waals surface area contributed by atoms with E-state index in [1.807, 2.05) is 43.4 Å². The van der Waals surface area contributed by atoms with Crippen LogP contribution in [0, 0.1) is 0 Å². The SMILES string of the molecule is COc1ccccc1N1C(=O)C[C@@H]([NH+](C)Cc2ccccc2)C1=O. The van der Waals surface area contributed by atoms with Crippen molar-refractivity contribution in [3.8, 4) is 5.75 Å². The molecule has 0 saturated carbocycles. The highest BCUT2D eigenvalue weighted by molar-refractivity contribution is 6.22. The van der Waals surface area contributed by atoms with Crippen LogP contribution in [-0.4, -0.2) is 32.0 Å². The number of hydrogen-bond acceptors (Lipinski definition) is 3. The van der Waals surface area contributed by atoms with E-state index in [4.69, 9.17) is 4.74 Å². The van der Waals surface area contributed by atoms with Crippen LogP contribution in [-0.2, 0) is 16.1 Å². The van der Waals surface area contributed by atoms with Crippen LogP contribution in [0.4, 0.5) is 5.69 Å². The Labute approximate surface area is 141 Å². The summed E-state index contributed by atoms with van der Waals surface area (Å²) in [6.45, 7) is 0.699. The van der Waals surface area contributed by atoms with Crippen molar-refractivity contribution in [2.75, 3.05) is 19.1 Å². The molecule has 1 heterocycles. The number of carbonyl (C=O) groups excluding carboxylic acids is 2. The first-order valence-corrected chi connectivity index (χ1v) is 7.98. The van der Waals surface area contributed by atoms with E-state index in [1.165, 1.54) is 12.0 Å². The Morgan fingerprint density at radius 3 is 2.46 bits per heavy atom. The minimum Gasteiger partial charge on any atom is -0.495 e. The fourth-order valence-electron chi connectivity index (χ4n) is 3.13. The Bertz CT molecular complexity index is 745. The molecule has 24 heavy (non-hydrogen) atoms. The Hall–Kier alpha value is -2.66. The molecule has 124 valence electrons. The highest BCUT2D eigenvalue weighted by Crippen LogP contribution is 2.31. The first kappa shape index (κ1) is 16.2. The number of ether oxygens (including phenoxy) is 1. The van der Waals surface area contributed by atoms with Gasteiger partial charge >= 0.3 is 0 Å². The lowest BCUT2D eigenvalue weighted by molar-refractivity contribution is -0.908. The molecule has 5 nitrogen and oxygen atoms in total. The molecule has 1 N–H and O–H groups in total. The van der Waals surface area contributed by atoms with Crippen LogP contribution in [0.3, 0.4) is 0 Å². The minimum atomic E-state index is -0.373. The van der Waals surface area contributed by atoms with Gasteiger partial charge in [-0.05, 0) is 12.1 Å². The predicted molar refractivity (Wildman–Crippen MR) is 90.9 cm³/mol. The number of hydrogen-bond donors (Lipinski definition) is 1. The molecule has 0 radical (unpaired) electrons. The summed E-state index contributed by atoms with van der Waals surface area (Å²) in [5, 5.41) is 0. The van der Waals surface area contributed by atoms with E-state index in [-0.39, 0.29) is 24.3 Å². The lowest BCUT2D eigenvalue weighted by Crippen LogP contribution is -3.12. The predicted octanol–water partition coefficient (Wildman–Crippen LogP) is 1.04. The summed E-state index contributed by atoms with van der Waals surface area (Å²) in [6, 6.07) is 16.7. The van der Waals surface area contributed by atoms with Gasteiger partial charge in [0, 0.05) is 5.56 Å². The second-order valence-electron chi connectivity index (χ2n) is 6.00. The van der Waals surface area contributed by atoms with Crippen LogP contribution in [0.15, 0.2) is 54.6 Å². The molecule has 1 aliphatic heterocycles. The molecule has 0 aliphatic carbocycles. The number of amides is 2. The molecule has 3 rings (SSSR count). The normalized spacial score (nSPS) is 18.8. The molecule has 2 aromatic carbocycles. The Morgan fingerprint density at radius 2 is 1.75 bits per heavy atom. The van der Waals surface area contributed by atoms with E-state index in [2.05, 4.69) is 0 Å². The summed E-state index contributed by atoms with van der Waals surface area (Å²) in [4.78, 5) is 27.6. The molecule has 1 saturated heterocycles. The van der Waals surface area contributed by atoms with Crippen LogP contribution in [0.2, 0.25) is 0 Å². The molecule has 0 aromatic heterocycles. The van der Waals surface area contributed by atoms with Crippen molar-refractivity contribution in [1.29, 1.82) is 0 Å². The van der Waals surface area contributed by atoms with Gasteiger partial charge < -0.3 is 9.64 Å². The number of likely N-dealkylation sites (N-methyl/N-ethyl adjacent to an activating group) is 1. The zero-order valence-electron chi connectivity index (χ0n) is 13.9. The van der Waals surface area contributed by atoms with Crippen LogP contribution >= 0.6 is 0 Å². The lowest BCUT2D eigenvalue weighted by atomic mass is 10.1. The number of nitrogens with zero attached hydrogens (tertiary/aromatic N) is 1. The third-order valence-corrected chi connectivity index (χ3v) is 4.39. The van der Waals surface area contributed by atoms with E-state index in [0.29, 0.717) is 18.0 Å². The van der Waals surface area contributed by atoms with E-state index >= 15 is 0 Å². The number of quaternary nitrogens is 1. The summed E-state index contributed by atoms with van der Waals surface area (Å²) < 4.78 is 5.29. The number of benzene rings is 2. The second-order valence-corrected chi connectivity index (χ2v) is 6.00. The van der Waals surface area contributed by atoms with Crippen molar-refractivity contribution in [1.82, 2.24) is 0 Å². The number of nitrogens with one attached hydrogen (secondary N) is 1. The van der Waals surface area contributed by atoms with Gasteiger partial charge in [0.15, 0.2) is 6.04 Å². The minimum absolute atomic E-state index is 0.169. The Morgan fingerprint density at radius 1 is 1.08 bits per heavy atom. The average Bonchev–Trinajstić information content (AvgIpc) is 2.90. The molecule has 5 heteroatoms. The zero-order chi connectivity index (χ0) is 17.1. The van der Waals surface area contributed by atoms with Gasteiger partial charge in [-0.1, -0.05) is 42.5 Å². The van der Waals surface area contributed by atoms with Crippen molar-refractivity contribution in [3.63, 3.8) is 0 Å². The maximum absolute atomic E-state index is 12.8. The average molecular weight is 325 g/mol. The smallest absolute Gasteiger partial charge is 0.292 e. The molecular formula is C19H21N2O3+. The summed E-state index contributed by atoms with van der Waals surface area (Å²) in [5.74, 6) is 0.181. The number of para-hydroxylation sites is 2. The van der Waals surface area contributed by atoms with E-state index in [0.717, 1.165) is 10.5 Å². The van der Waals surface area contributed by atoms with Gasteiger partial charge in [-0.2, -0.15) is 0 Å². The molecule has 1 unspecified atom stereocenters. The highest BCUT2D eigenvalue weighted by atomic mass is 16.5. The van der Waals surface area contributed by atoms with Gasteiger partial charge in [0.25, 0.3) is 5.91 Å². The topological polar surface area (TPSA) is 51.0 Å². The first-order valence-electron chi connectivity index (χ1n) is 7.98. The van der Waals surface area contributed by atoms with Crippen LogP contribution in [0.5, 0.6) is 5.75 Å². The van der Waals surface area contributed by atoms with Gasteiger partial charge in [-0.15, -0.1) is 0 Å². The quantitative estimate of drug-likeness (QED) is 0.836. The largest absolute Gasteiger partial charge is 0.495 e. The van der Waals surface area contributed by atoms with Gasteiger partial charge in [0.2, 0.25) is 5.91 Å². The van der Waals surface area contributed by atoms with Crippen molar-refractivity contribution in [2.24, 2.45) is 0 Å². The number of methoxy groups -OCH3 is 1. The Balaban J connectivity index is 1.81. The van der Waals surface area contributed by atoms with Crippen LogP contribution in [0.1, 0.15) is 12.0 Å². The van der Waals surface area contributed by atoms with Gasteiger partial charge in [-0.3, -0.25) is 9.59 Å². The molecule has 2 amide bonds. The number of rotatable bonds is 5. The van der Waals surface area contributed by atoms with Crippen molar-refractivity contribution < 1.29 is 19.2 Å². The number of imide groups is 1. The van der Waals surface area contributed by atoms with Gasteiger partial charge in [0.05, 0.1) is 26.3 Å². The standard InChI is InChI=1S/C19H20N2O3/c1-20(13-14-8-4-3-5-9-14)16-12-18(22)21(19(16)23)15-10-6-7-11-17(15)24-2/h3-11,16H,12-13H2,1-2H3/p+1/t16-/m1/s1. The molecule has 1 fully saturated rings. The van der Waals surface area contributed by atoms with Crippen molar-refractivity contribution in [2.45, 2.75) is 19.0 Å². The number of carbonyl (C=O) groups is 2. The second kappa shape index (κ2) is 6.84. The van der Waals surface area contributed by atoms with E-state index < -0.39 is 0 Å². The summed E-state index contributed by atoms with van der Waals surface area (Å²) in [6.07, 6.45) is 0.218. The number of anilines is 1. The monoisotopic (exact) mass is 325 g/mol. The molecule has 2 atom stereocenters. The zero-order valence-corrected chi connectivity index (χ0v) is 13.9. The highest BCUT2D eigenvalue weighted by Gasteiger charge is 2.45.